The van der Waals surface area contributed by atoms with Crippen molar-refractivity contribution in [1.82, 2.24) is 9.97 Å². The van der Waals surface area contributed by atoms with Crippen molar-refractivity contribution in [3.05, 3.63) is 28.9 Å². The van der Waals surface area contributed by atoms with Crippen molar-refractivity contribution in [3.8, 4) is 0 Å². The largest absolute Gasteiger partial charge is 0.462 e. The van der Waals surface area contributed by atoms with Crippen LogP contribution in [0.3, 0.4) is 0 Å². The number of carbonyl (C=O) groups is 1. The minimum Gasteiger partial charge on any atom is -0.462 e. The quantitative estimate of drug-likeness (QED) is 0.630. The third-order valence-corrected chi connectivity index (χ3v) is 6.27. The Morgan fingerprint density at radius 2 is 2.00 bits per heavy atom. The summed E-state index contributed by atoms with van der Waals surface area (Å²) in [5.74, 6) is 2.13. The predicted molar refractivity (Wildman–Crippen MR) is 95.7 cm³/mol. The predicted octanol–water partition coefficient (Wildman–Crippen LogP) is 3.58. The van der Waals surface area contributed by atoms with E-state index in [1.54, 1.807) is 6.33 Å². The summed E-state index contributed by atoms with van der Waals surface area (Å²) in [6.07, 6.45) is 8.53. The molecule has 0 saturated carbocycles. The van der Waals surface area contributed by atoms with E-state index in [2.05, 4.69) is 27.0 Å². The molecule has 1 fully saturated rings. The van der Waals surface area contributed by atoms with Gasteiger partial charge in [-0.3, -0.25) is 0 Å². The van der Waals surface area contributed by atoms with Crippen molar-refractivity contribution in [2.75, 3.05) is 24.6 Å². The van der Waals surface area contributed by atoms with Gasteiger partial charge in [0.2, 0.25) is 0 Å². The smallest absolute Gasteiger partial charge is 0.348 e. The average Bonchev–Trinajstić information content (AvgIpc) is 3.16. The molecular weight excluding hydrogens is 322 g/mol. The monoisotopic (exact) mass is 343 g/mol. The number of fused-ring (bicyclic) bond motifs is 2. The van der Waals surface area contributed by atoms with Crippen LogP contribution < -0.4 is 4.90 Å². The van der Waals surface area contributed by atoms with Gasteiger partial charge in [0.1, 0.15) is 21.9 Å². The summed E-state index contributed by atoms with van der Waals surface area (Å²) in [4.78, 5) is 25.0. The Morgan fingerprint density at radius 1 is 1.29 bits per heavy atom. The van der Waals surface area contributed by atoms with Gasteiger partial charge in [-0.25, -0.2) is 14.8 Å². The van der Waals surface area contributed by atoms with Crippen molar-refractivity contribution in [2.45, 2.75) is 26.7 Å². The number of aryl methyl sites for hydroxylation is 1. The van der Waals surface area contributed by atoms with E-state index in [0.29, 0.717) is 23.3 Å². The third kappa shape index (κ3) is 2.49. The number of esters is 1. The highest BCUT2D eigenvalue weighted by atomic mass is 32.1. The lowest BCUT2D eigenvalue weighted by Crippen LogP contribution is -2.21. The fraction of sp³-hybridized carbons (Fsp3) is 0.500. The molecule has 1 aliphatic carbocycles. The van der Waals surface area contributed by atoms with Crippen LogP contribution in [0, 0.1) is 18.8 Å². The van der Waals surface area contributed by atoms with Crippen LogP contribution in [0.15, 0.2) is 18.5 Å². The molecule has 2 aromatic heterocycles. The highest BCUT2D eigenvalue weighted by Gasteiger charge is 2.34. The van der Waals surface area contributed by atoms with E-state index < -0.39 is 0 Å². The average molecular weight is 343 g/mol. The highest BCUT2D eigenvalue weighted by molar-refractivity contribution is 7.20. The summed E-state index contributed by atoms with van der Waals surface area (Å²) in [5.41, 5.74) is 0.942. The van der Waals surface area contributed by atoms with E-state index in [-0.39, 0.29) is 5.97 Å². The number of ether oxygens (including phenoxy) is 1. The fourth-order valence-electron chi connectivity index (χ4n) is 3.87. The molecule has 2 unspecified atom stereocenters. The van der Waals surface area contributed by atoms with E-state index >= 15 is 0 Å². The lowest BCUT2D eigenvalue weighted by atomic mass is 9.86. The van der Waals surface area contributed by atoms with E-state index in [1.807, 2.05) is 13.8 Å². The van der Waals surface area contributed by atoms with Crippen molar-refractivity contribution in [1.29, 1.82) is 0 Å². The van der Waals surface area contributed by atoms with Crippen molar-refractivity contribution in [3.63, 3.8) is 0 Å². The number of thiophene rings is 1. The summed E-state index contributed by atoms with van der Waals surface area (Å²) in [7, 11) is 0. The summed E-state index contributed by atoms with van der Waals surface area (Å²) >= 11 is 1.41. The SMILES string of the molecule is CCOC(=O)c1sc2ncnc(N3CC4CC=CCC4C3)c2c1C. The molecule has 0 spiro atoms. The molecular formula is C18H21N3O2S. The van der Waals surface area contributed by atoms with E-state index in [4.69, 9.17) is 4.74 Å². The van der Waals surface area contributed by atoms with Crippen LogP contribution in [0.1, 0.15) is 35.0 Å². The molecule has 1 aliphatic heterocycles. The molecule has 2 aromatic rings. The summed E-state index contributed by atoms with van der Waals surface area (Å²) in [6, 6.07) is 0. The first-order chi connectivity index (χ1) is 11.7. The van der Waals surface area contributed by atoms with Crippen LogP contribution in [0.2, 0.25) is 0 Å². The number of anilines is 1. The van der Waals surface area contributed by atoms with E-state index in [1.165, 1.54) is 11.3 Å². The van der Waals surface area contributed by atoms with Gasteiger partial charge >= 0.3 is 5.97 Å². The van der Waals surface area contributed by atoms with Crippen molar-refractivity contribution >= 4 is 33.3 Å². The highest BCUT2D eigenvalue weighted by Crippen LogP contribution is 2.40. The normalized spacial score (nSPS) is 22.8. The molecule has 0 aromatic carbocycles. The third-order valence-electron chi connectivity index (χ3n) is 5.09. The second kappa shape index (κ2) is 6.16. The molecule has 0 bridgehead atoms. The molecule has 3 heterocycles. The molecule has 126 valence electrons. The lowest BCUT2D eigenvalue weighted by molar-refractivity contribution is 0.0531. The van der Waals surface area contributed by atoms with Gasteiger partial charge in [-0.05, 0) is 44.1 Å². The minimum atomic E-state index is -0.261. The maximum atomic E-state index is 12.2. The zero-order valence-electron chi connectivity index (χ0n) is 14.0. The topological polar surface area (TPSA) is 55.3 Å². The van der Waals surface area contributed by atoms with Gasteiger partial charge < -0.3 is 9.64 Å². The van der Waals surface area contributed by atoms with Crippen LogP contribution in [0.4, 0.5) is 5.82 Å². The number of aromatic nitrogens is 2. The lowest BCUT2D eigenvalue weighted by Gasteiger charge is -2.18. The van der Waals surface area contributed by atoms with Crippen LogP contribution in [0.25, 0.3) is 10.2 Å². The number of rotatable bonds is 3. The van der Waals surface area contributed by atoms with Crippen molar-refractivity contribution < 1.29 is 9.53 Å². The number of nitrogens with zero attached hydrogens (tertiary/aromatic N) is 3. The Bertz CT molecular complexity index is 798. The maximum Gasteiger partial charge on any atom is 0.348 e. The zero-order valence-corrected chi connectivity index (χ0v) is 14.8. The first kappa shape index (κ1) is 15.6. The van der Waals surface area contributed by atoms with Crippen LogP contribution >= 0.6 is 11.3 Å². The Labute approximate surface area is 145 Å². The van der Waals surface area contributed by atoms with E-state index in [0.717, 1.165) is 47.5 Å². The Hall–Kier alpha value is -1.95. The number of hydrogen-bond donors (Lipinski definition) is 0. The summed E-state index contributed by atoms with van der Waals surface area (Å²) in [5, 5.41) is 1.01. The van der Waals surface area contributed by atoms with Crippen LogP contribution in [-0.4, -0.2) is 35.6 Å². The van der Waals surface area contributed by atoms with Gasteiger partial charge in [0, 0.05) is 13.1 Å². The molecule has 1 saturated heterocycles. The van der Waals surface area contributed by atoms with E-state index in [9.17, 15) is 4.79 Å². The van der Waals surface area contributed by atoms with Gasteiger partial charge in [-0.2, -0.15) is 0 Å². The molecule has 0 N–H and O–H groups in total. The van der Waals surface area contributed by atoms with Crippen LogP contribution in [-0.2, 0) is 4.74 Å². The molecule has 5 nitrogen and oxygen atoms in total. The van der Waals surface area contributed by atoms with Crippen molar-refractivity contribution in [2.24, 2.45) is 11.8 Å². The van der Waals surface area contributed by atoms with Gasteiger partial charge in [0.25, 0.3) is 0 Å². The first-order valence-corrected chi connectivity index (χ1v) is 9.31. The Morgan fingerprint density at radius 3 is 2.67 bits per heavy atom. The van der Waals surface area contributed by atoms with Gasteiger partial charge in [0.15, 0.2) is 0 Å². The second-order valence-electron chi connectivity index (χ2n) is 6.52. The molecule has 2 atom stereocenters. The Kier molecular flexibility index (Phi) is 4.00. The molecule has 2 aliphatic rings. The van der Waals surface area contributed by atoms with Crippen LogP contribution in [0.5, 0.6) is 0 Å². The maximum absolute atomic E-state index is 12.2. The number of allylic oxidation sites excluding steroid dienone is 2. The zero-order chi connectivity index (χ0) is 16.7. The number of hydrogen-bond acceptors (Lipinski definition) is 6. The minimum absolute atomic E-state index is 0.261. The molecule has 0 radical (unpaired) electrons. The second-order valence-corrected chi connectivity index (χ2v) is 7.52. The van der Waals surface area contributed by atoms with Gasteiger partial charge in [-0.1, -0.05) is 12.2 Å². The van der Waals surface area contributed by atoms with Gasteiger partial charge in [-0.15, -0.1) is 11.3 Å². The fourth-order valence-corrected chi connectivity index (χ4v) is 4.91. The standard InChI is InChI=1S/C18H21N3O2S/c1-3-23-18(22)15-11(2)14-16(19-10-20-17(14)24-15)21-8-12-6-4-5-7-13(12)9-21/h4-5,10,12-13H,3,6-9H2,1-2H3. The van der Waals surface area contributed by atoms with Gasteiger partial charge in [0.05, 0.1) is 12.0 Å². The molecule has 0 amide bonds. The molecule has 4 rings (SSSR count). The molecule has 24 heavy (non-hydrogen) atoms. The summed E-state index contributed by atoms with van der Waals surface area (Å²) < 4.78 is 5.18. The first-order valence-electron chi connectivity index (χ1n) is 8.50. The number of carbonyl (C=O) groups excluding carboxylic acids is 1. The Balaban J connectivity index is 1.73. The molecule has 6 heteroatoms. The summed E-state index contributed by atoms with van der Waals surface area (Å²) in [6.45, 7) is 6.25.